The molecule has 0 spiro atoms. The maximum Gasteiger partial charge on any atom is 0.220 e. The number of carbonyl (C=O) groups is 1. The summed E-state index contributed by atoms with van der Waals surface area (Å²) in [5.74, 6) is 0.140. The molecule has 0 aliphatic carbocycles. The molecule has 1 heterocycles. The Kier molecular flexibility index (Phi) is 3.71. The number of hydrogen-bond acceptors (Lipinski definition) is 3. The molecule has 0 aromatic carbocycles. The summed E-state index contributed by atoms with van der Waals surface area (Å²) in [4.78, 5) is 12.9. The second-order valence-electron chi connectivity index (χ2n) is 3.51. The van der Waals surface area contributed by atoms with Gasteiger partial charge >= 0.3 is 0 Å². The Morgan fingerprint density at radius 3 is 3.15 bits per heavy atom. The van der Waals surface area contributed by atoms with Crippen LogP contribution in [0.2, 0.25) is 0 Å². The Hall–Kier alpha value is -1.08. The lowest BCUT2D eigenvalue weighted by Gasteiger charge is -2.26. The maximum absolute atomic E-state index is 11.0. The van der Waals surface area contributed by atoms with Gasteiger partial charge in [-0.25, -0.2) is 0 Å². The summed E-state index contributed by atoms with van der Waals surface area (Å²) < 4.78 is 0. The highest BCUT2D eigenvalue weighted by Crippen LogP contribution is 2.08. The fourth-order valence-corrected chi connectivity index (χ4v) is 1.58. The van der Waals surface area contributed by atoms with Crippen LogP contribution in [0.1, 0.15) is 19.3 Å². The largest absolute Gasteiger partial charge is 0.352 e. The normalized spacial score (nSPS) is 22.5. The lowest BCUT2D eigenvalue weighted by atomic mass is 10.0. The summed E-state index contributed by atoms with van der Waals surface area (Å²) in [6, 6.07) is 2.32. The van der Waals surface area contributed by atoms with E-state index < -0.39 is 0 Å². The predicted octanol–water partition coefficient (Wildman–Crippen LogP) is 0.110. The first-order valence-corrected chi connectivity index (χ1v) is 4.57. The molecule has 1 atom stereocenters. The van der Waals surface area contributed by atoms with Gasteiger partial charge in [-0.3, -0.25) is 9.69 Å². The maximum atomic E-state index is 11.0. The van der Waals surface area contributed by atoms with Gasteiger partial charge < -0.3 is 5.32 Å². The van der Waals surface area contributed by atoms with Crippen LogP contribution in [0, 0.1) is 11.3 Å². The van der Waals surface area contributed by atoms with Crippen LogP contribution in [0.25, 0.3) is 0 Å². The topological polar surface area (TPSA) is 56.1 Å². The first-order valence-electron chi connectivity index (χ1n) is 4.57. The summed E-state index contributed by atoms with van der Waals surface area (Å²) in [7, 11) is 1.89. The number of rotatable bonds is 3. The molecule has 1 rings (SSSR count). The monoisotopic (exact) mass is 181 g/mol. The first-order chi connectivity index (χ1) is 6.22. The van der Waals surface area contributed by atoms with Crippen molar-refractivity contribution in [3.05, 3.63) is 0 Å². The van der Waals surface area contributed by atoms with E-state index in [2.05, 4.69) is 11.4 Å². The summed E-state index contributed by atoms with van der Waals surface area (Å²) in [5.41, 5.74) is 0. The van der Waals surface area contributed by atoms with Crippen LogP contribution in [0.3, 0.4) is 0 Å². The van der Waals surface area contributed by atoms with Crippen LogP contribution in [0.4, 0.5) is 0 Å². The lowest BCUT2D eigenvalue weighted by Crippen LogP contribution is -2.45. The average Bonchev–Trinajstić information content (AvgIpc) is 2.04. The molecule has 72 valence electrons. The summed E-state index contributed by atoms with van der Waals surface area (Å²) in [6.07, 6.45) is 2.65. The number of carbonyl (C=O) groups excluding carboxylic acids is 1. The standard InChI is InChI=1S/C9H15N3O/c1-12(6-5-10)7-8-3-2-4-9(13)11-8/h8H,2-4,6-7H2,1H3,(H,11,13). The van der Waals surface area contributed by atoms with E-state index in [0.717, 1.165) is 19.4 Å². The molecule has 1 aliphatic heterocycles. The van der Waals surface area contributed by atoms with Gasteiger partial charge in [-0.15, -0.1) is 0 Å². The summed E-state index contributed by atoms with van der Waals surface area (Å²) in [5, 5.41) is 11.4. The summed E-state index contributed by atoms with van der Waals surface area (Å²) in [6.45, 7) is 1.20. The predicted molar refractivity (Wildman–Crippen MR) is 48.9 cm³/mol. The number of piperidine rings is 1. The second-order valence-corrected chi connectivity index (χ2v) is 3.51. The number of nitrogens with one attached hydrogen (secondary N) is 1. The van der Waals surface area contributed by atoms with Crippen LogP contribution in [-0.4, -0.2) is 37.0 Å². The van der Waals surface area contributed by atoms with Crippen molar-refractivity contribution in [2.75, 3.05) is 20.1 Å². The van der Waals surface area contributed by atoms with Crippen LogP contribution in [-0.2, 0) is 4.79 Å². The molecule has 1 saturated heterocycles. The quantitative estimate of drug-likeness (QED) is 0.629. The highest BCUT2D eigenvalue weighted by atomic mass is 16.1. The number of nitriles is 1. The van der Waals surface area contributed by atoms with Gasteiger partial charge in [0.1, 0.15) is 0 Å². The number of nitrogens with zero attached hydrogens (tertiary/aromatic N) is 2. The zero-order valence-corrected chi connectivity index (χ0v) is 7.92. The Bertz CT molecular complexity index is 221. The molecule has 1 N–H and O–H groups in total. The van der Waals surface area contributed by atoms with Crippen molar-refractivity contribution in [3.8, 4) is 6.07 Å². The van der Waals surface area contributed by atoms with Crippen molar-refractivity contribution >= 4 is 5.91 Å². The third-order valence-electron chi connectivity index (χ3n) is 2.19. The average molecular weight is 181 g/mol. The van der Waals surface area contributed by atoms with Crippen LogP contribution < -0.4 is 5.32 Å². The zero-order valence-electron chi connectivity index (χ0n) is 7.92. The summed E-state index contributed by atoms with van der Waals surface area (Å²) >= 11 is 0. The van der Waals surface area contributed by atoms with Crippen molar-refractivity contribution in [2.24, 2.45) is 0 Å². The first kappa shape index (κ1) is 10.0. The fourth-order valence-electron chi connectivity index (χ4n) is 1.58. The molecule has 1 amide bonds. The minimum absolute atomic E-state index is 0.140. The van der Waals surface area contributed by atoms with Gasteiger partial charge in [0, 0.05) is 19.0 Å². The molecule has 0 bridgehead atoms. The molecule has 4 heteroatoms. The van der Waals surface area contributed by atoms with Crippen molar-refractivity contribution in [3.63, 3.8) is 0 Å². The second kappa shape index (κ2) is 4.83. The molecule has 0 aromatic rings. The Morgan fingerprint density at radius 2 is 2.54 bits per heavy atom. The third kappa shape index (κ3) is 3.43. The smallest absolute Gasteiger partial charge is 0.220 e. The van der Waals surface area contributed by atoms with Crippen LogP contribution in [0.15, 0.2) is 0 Å². The molecule has 4 nitrogen and oxygen atoms in total. The Morgan fingerprint density at radius 1 is 1.77 bits per heavy atom. The van der Waals surface area contributed by atoms with Gasteiger partial charge in [-0.2, -0.15) is 5.26 Å². The lowest BCUT2D eigenvalue weighted by molar-refractivity contribution is -0.123. The Labute approximate surface area is 78.5 Å². The molecule has 1 aliphatic rings. The minimum Gasteiger partial charge on any atom is -0.352 e. The van der Waals surface area contributed by atoms with Crippen molar-refractivity contribution in [1.82, 2.24) is 10.2 Å². The number of hydrogen-bond donors (Lipinski definition) is 1. The van der Waals surface area contributed by atoms with Crippen LogP contribution in [0.5, 0.6) is 0 Å². The van der Waals surface area contributed by atoms with Gasteiger partial charge in [0.05, 0.1) is 12.6 Å². The van der Waals surface area contributed by atoms with Gasteiger partial charge in [0.15, 0.2) is 0 Å². The fraction of sp³-hybridized carbons (Fsp3) is 0.778. The van der Waals surface area contributed by atoms with E-state index in [1.165, 1.54) is 0 Å². The highest BCUT2D eigenvalue weighted by Gasteiger charge is 2.18. The molecule has 0 aromatic heterocycles. The molecular weight excluding hydrogens is 166 g/mol. The molecule has 13 heavy (non-hydrogen) atoms. The van der Waals surface area contributed by atoms with E-state index in [4.69, 9.17) is 5.26 Å². The van der Waals surface area contributed by atoms with Crippen molar-refractivity contribution < 1.29 is 4.79 Å². The third-order valence-corrected chi connectivity index (χ3v) is 2.19. The number of likely N-dealkylation sites (N-methyl/N-ethyl adjacent to an activating group) is 1. The molecular formula is C9H15N3O. The SMILES string of the molecule is CN(CC#N)CC1CCCC(=O)N1. The minimum atomic E-state index is 0.140. The van der Waals surface area contributed by atoms with E-state index in [1.807, 2.05) is 11.9 Å². The van der Waals surface area contributed by atoms with E-state index in [9.17, 15) is 4.79 Å². The molecule has 0 saturated carbocycles. The Balaban J connectivity index is 2.28. The van der Waals surface area contributed by atoms with Crippen LogP contribution >= 0.6 is 0 Å². The van der Waals surface area contributed by atoms with Crippen molar-refractivity contribution in [2.45, 2.75) is 25.3 Å². The van der Waals surface area contributed by atoms with Crippen molar-refractivity contribution in [1.29, 1.82) is 5.26 Å². The van der Waals surface area contributed by atoms with E-state index in [0.29, 0.717) is 13.0 Å². The van der Waals surface area contributed by atoms with E-state index in [-0.39, 0.29) is 11.9 Å². The zero-order chi connectivity index (χ0) is 9.68. The van der Waals surface area contributed by atoms with E-state index in [1.54, 1.807) is 0 Å². The van der Waals surface area contributed by atoms with Gasteiger partial charge in [0.2, 0.25) is 5.91 Å². The van der Waals surface area contributed by atoms with E-state index >= 15 is 0 Å². The van der Waals surface area contributed by atoms with Gasteiger partial charge in [-0.05, 0) is 19.9 Å². The van der Waals surface area contributed by atoms with Gasteiger partial charge in [-0.1, -0.05) is 0 Å². The molecule has 1 unspecified atom stereocenters. The highest BCUT2D eigenvalue weighted by molar-refractivity contribution is 5.76. The molecule has 0 radical (unpaired) electrons. The number of amides is 1. The van der Waals surface area contributed by atoms with Gasteiger partial charge in [0.25, 0.3) is 0 Å². The molecule has 1 fully saturated rings.